The zero-order valence-corrected chi connectivity index (χ0v) is 13.7. The molecule has 0 spiro atoms. The van der Waals surface area contributed by atoms with Gasteiger partial charge in [0.15, 0.2) is 0 Å². The van der Waals surface area contributed by atoms with Gasteiger partial charge in [0.1, 0.15) is 10.9 Å². The highest BCUT2D eigenvalue weighted by Gasteiger charge is 2.06. The Kier molecular flexibility index (Phi) is 5.59. The van der Waals surface area contributed by atoms with Gasteiger partial charge in [-0.3, -0.25) is 4.79 Å². The number of carbonyl (C=O) groups is 1. The van der Waals surface area contributed by atoms with Gasteiger partial charge in [-0.2, -0.15) is 0 Å². The monoisotopic (exact) mass is 368 g/mol. The van der Waals surface area contributed by atoms with Crippen LogP contribution in [0.1, 0.15) is 12.0 Å². The SMILES string of the molecule is COc1ccc(CCC(=O)Nc2cnc(Cl)c(Br)c2)cc1. The van der Waals surface area contributed by atoms with Gasteiger partial charge in [0.05, 0.1) is 23.5 Å². The van der Waals surface area contributed by atoms with E-state index in [1.807, 2.05) is 24.3 Å². The fraction of sp³-hybridized carbons (Fsp3) is 0.200. The van der Waals surface area contributed by atoms with Crippen LogP contribution in [0.2, 0.25) is 5.15 Å². The summed E-state index contributed by atoms with van der Waals surface area (Å²) in [5.41, 5.74) is 1.70. The number of nitrogens with zero attached hydrogens (tertiary/aromatic N) is 1. The second-order valence-electron chi connectivity index (χ2n) is 4.39. The van der Waals surface area contributed by atoms with Crippen LogP contribution >= 0.6 is 27.5 Å². The molecule has 0 aliphatic rings. The van der Waals surface area contributed by atoms with Gasteiger partial charge in [0.2, 0.25) is 5.91 Å². The van der Waals surface area contributed by atoms with Crippen LogP contribution in [-0.2, 0) is 11.2 Å². The lowest BCUT2D eigenvalue weighted by molar-refractivity contribution is -0.116. The lowest BCUT2D eigenvalue weighted by Gasteiger charge is -2.06. The van der Waals surface area contributed by atoms with Gasteiger partial charge in [-0.05, 0) is 46.1 Å². The first kappa shape index (κ1) is 15.8. The second kappa shape index (κ2) is 7.43. The molecule has 1 aromatic carbocycles. The number of carbonyl (C=O) groups excluding carboxylic acids is 1. The predicted molar refractivity (Wildman–Crippen MR) is 86.9 cm³/mol. The molecule has 2 aromatic rings. The summed E-state index contributed by atoms with van der Waals surface area (Å²) in [7, 11) is 1.63. The number of aromatic nitrogens is 1. The minimum Gasteiger partial charge on any atom is -0.497 e. The van der Waals surface area contributed by atoms with E-state index in [2.05, 4.69) is 26.2 Å². The molecule has 4 nitrogen and oxygen atoms in total. The maximum absolute atomic E-state index is 11.9. The predicted octanol–water partition coefficient (Wildman–Crippen LogP) is 4.08. The van der Waals surface area contributed by atoms with E-state index < -0.39 is 0 Å². The Labute approximate surface area is 136 Å². The van der Waals surface area contributed by atoms with E-state index in [4.69, 9.17) is 16.3 Å². The molecule has 0 atom stereocenters. The summed E-state index contributed by atoms with van der Waals surface area (Å²) in [5.74, 6) is 0.738. The summed E-state index contributed by atoms with van der Waals surface area (Å²) in [5, 5.41) is 3.15. The van der Waals surface area contributed by atoms with Crippen molar-refractivity contribution in [3.8, 4) is 5.75 Å². The number of halogens is 2. The molecule has 1 heterocycles. The number of ether oxygens (including phenoxy) is 1. The smallest absolute Gasteiger partial charge is 0.224 e. The molecule has 1 aromatic heterocycles. The summed E-state index contributed by atoms with van der Waals surface area (Å²) in [6.07, 6.45) is 2.59. The molecular weight excluding hydrogens is 356 g/mol. The molecule has 0 aliphatic carbocycles. The van der Waals surface area contributed by atoms with Crippen molar-refractivity contribution < 1.29 is 9.53 Å². The molecule has 0 fully saturated rings. The zero-order valence-electron chi connectivity index (χ0n) is 11.4. The third-order valence-corrected chi connectivity index (χ3v) is 4.01. The summed E-state index contributed by atoms with van der Waals surface area (Å²) >= 11 is 9.07. The summed E-state index contributed by atoms with van der Waals surface area (Å²) < 4.78 is 5.74. The van der Waals surface area contributed by atoms with Crippen LogP contribution in [-0.4, -0.2) is 18.0 Å². The molecule has 6 heteroatoms. The fourth-order valence-electron chi connectivity index (χ4n) is 1.76. The van der Waals surface area contributed by atoms with E-state index in [0.717, 1.165) is 11.3 Å². The molecule has 21 heavy (non-hydrogen) atoms. The molecule has 110 valence electrons. The maximum atomic E-state index is 11.9. The van der Waals surface area contributed by atoms with Crippen molar-refractivity contribution in [1.29, 1.82) is 0 Å². The zero-order chi connectivity index (χ0) is 15.2. The van der Waals surface area contributed by atoms with Crippen molar-refractivity contribution in [2.24, 2.45) is 0 Å². The number of aryl methyl sites for hydroxylation is 1. The average Bonchev–Trinajstić information content (AvgIpc) is 2.49. The van der Waals surface area contributed by atoms with Crippen molar-refractivity contribution in [3.05, 3.63) is 51.7 Å². The van der Waals surface area contributed by atoms with Gasteiger partial charge < -0.3 is 10.1 Å². The van der Waals surface area contributed by atoms with Gasteiger partial charge >= 0.3 is 0 Å². The van der Waals surface area contributed by atoms with Crippen molar-refractivity contribution >= 4 is 39.1 Å². The number of hydrogen-bond acceptors (Lipinski definition) is 3. The van der Waals surface area contributed by atoms with Crippen LogP contribution in [0.15, 0.2) is 41.0 Å². The number of amides is 1. The topological polar surface area (TPSA) is 51.2 Å². The van der Waals surface area contributed by atoms with Crippen molar-refractivity contribution in [2.75, 3.05) is 12.4 Å². The van der Waals surface area contributed by atoms with Crippen molar-refractivity contribution in [2.45, 2.75) is 12.8 Å². The van der Waals surface area contributed by atoms with E-state index in [1.165, 1.54) is 6.20 Å². The molecule has 0 unspecified atom stereocenters. The third kappa shape index (κ3) is 4.72. The average molecular weight is 370 g/mol. The van der Waals surface area contributed by atoms with E-state index in [0.29, 0.717) is 28.2 Å². The minimum atomic E-state index is -0.0677. The minimum absolute atomic E-state index is 0.0677. The number of methoxy groups -OCH3 is 1. The first-order chi connectivity index (χ1) is 10.1. The molecule has 2 rings (SSSR count). The molecule has 0 bridgehead atoms. The molecule has 1 amide bonds. The van der Waals surface area contributed by atoms with Crippen LogP contribution in [0.4, 0.5) is 5.69 Å². The van der Waals surface area contributed by atoms with Crippen LogP contribution in [0.25, 0.3) is 0 Å². The number of rotatable bonds is 5. The normalized spacial score (nSPS) is 10.2. The van der Waals surface area contributed by atoms with Gasteiger partial charge in [-0.1, -0.05) is 23.7 Å². The van der Waals surface area contributed by atoms with E-state index >= 15 is 0 Å². The summed E-state index contributed by atoms with van der Waals surface area (Å²) in [6, 6.07) is 9.39. The number of nitrogens with one attached hydrogen (secondary N) is 1. The summed E-state index contributed by atoms with van der Waals surface area (Å²) in [6.45, 7) is 0. The second-order valence-corrected chi connectivity index (χ2v) is 5.61. The van der Waals surface area contributed by atoms with Gasteiger partial charge in [-0.15, -0.1) is 0 Å². The third-order valence-electron chi connectivity index (χ3n) is 2.88. The van der Waals surface area contributed by atoms with E-state index in [9.17, 15) is 4.79 Å². The number of pyridine rings is 1. The highest BCUT2D eigenvalue weighted by atomic mass is 79.9. The molecule has 0 radical (unpaired) electrons. The van der Waals surface area contributed by atoms with Crippen LogP contribution in [0, 0.1) is 0 Å². The highest BCUT2D eigenvalue weighted by Crippen LogP contribution is 2.23. The fourth-order valence-corrected chi connectivity index (χ4v) is 2.22. The Balaban J connectivity index is 1.87. The standard InChI is InChI=1S/C15H14BrClN2O2/c1-21-12-5-2-10(3-6-12)4-7-14(20)19-11-8-13(16)15(17)18-9-11/h2-3,5-6,8-9H,4,7H2,1H3,(H,19,20). The highest BCUT2D eigenvalue weighted by molar-refractivity contribution is 9.10. The van der Waals surface area contributed by atoms with Crippen LogP contribution in [0.5, 0.6) is 5.75 Å². The first-order valence-corrected chi connectivity index (χ1v) is 7.49. The lowest BCUT2D eigenvalue weighted by Crippen LogP contribution is -2.12. The Morgan fingerprint density at radius 1 is 1.38 bits per heavy atom. The van der Waals surface area contributed by atoms with Gasteiger partial charge in [0, 0.05) is 6.42 Å². The van der Waals surface area contributed by atoms with Crippen molar-refractivity contribution in [1.82, 2.24) is 4.98 Å². The number of anilines is 1. The first-order valence-electron chi connectivity index (χ1n) is 6.32. The lowest BCUT2D eigenvalue weighted by atomic mass is 10.1. The number of hydrogen-bond donors (Lipinski definition) is 1. The molecule has 0 saturated carbocycles. The Hall–Kier alpha value is -1.59. The molecular formula is C15H14BrClN2O2. The molecule has 0 aliphatic heterocycles. The van der Waals surface area contributed by atoms with E-state index in [-0.39, 0.29) is 5.91 Å². The van der Waals surface area contributed by atoms with Crippen LogP contribution in [0.3, 0.4) is 0 Å². The Morgan fingerprint density at radius 2 is 2.10 bits per heavy atom. The molecule has 0 saturated heterocycles. The van der Waals surface area contributed by atoms with Crippen LogP contribution < -0.4 is 10.1 Å². The summed E-state index contributed by atoms with van der Waals surface area (Å²) in [4.78, 5) is 15.9. The quantitative estimate of drug-likeness (QED) is 0.808. The number of benzene rings is 1. The molecule has 1 N–H and O–H groups in total. The van der Waals surface area contributed by atoms with Gasteiger partial charge in [-0.25, -0.2) is 4.98 Å². The maximum Gasteiger partial charge on any atom is 0.224 e. The Morgan fingerprint density at radius 3 is 2.71 bits per heavy atom. The van der Waals surface area contributed by atoms with Crippen molar-refractivity contribution in [3.63, 3.8) is 0 Å². The van der Waals surface area contributed by atoms with Gasteiger partial charge in [0.25, 0.3) is 0 Å². The largest absolute Gasteiger partial charge is 0.497 e. The Bertz CT molecular complexity index is 632. The van der Waals surface area contributed by atoms with E-state index in [1.54, 1.807) is 13.2 Å².